The molecule has 2 aromatic rings. The molecule has 2 N–H and O–H groups in total. The van der Waals surface area contributed by atoms with Crippen molar-refractivity contribution < 1.29 is 9.90 Å². The second-order valence-electron chi connectivity index (χ2n) is 4.69. The van der Waals surface area contributed by atoms with Crippen LogP contribution < -0.4 is 5.32 Å². The summed E-state index contributed by atoms with van der Waals surface area (Å²) in [6, 6.07) is 10.2. The summed E-state index contributed by atoms with van der Waals surface area (Å²) < 4.78 is 0. The molecule has 92 valence electrons. The molecule has 0 amide bonds. The summed E-state index contributed by atoms with van der Waals surface area (Å²) in [5.74, 6) is -1.00. The van der Waals surface area contributed by atoms with Crippen LogP contribution in [0.5, 0.6) is 0 Å². The molecular weight excluding hydrogens is 228 g/mol. The topological polar surface area (TPSA) is 62.2 Å². The summed E-state index contributed by atoms with van der Waals surface area (Å²) in [5, 5.41) is 13.4. The fraction of sp³-hybridized carbons (Fsp3) is 0.286. The van der Waals surface area contributed by atoms with Crippen LogP contribution in [-0.2, 0) is 4.79 Å². The lowest BCUT2D eigenvalue weighted by Crippen LogP contribution is -2.17. The van der Waals surface area contributed by atoms with Gasteiger partial charge in [-0.3, -0.25) is 9.78 Å². The number of carbonyl (C=O) groups is 1. The summed E-state index contributed by atoms with van der Waals surface area (Å²) in [5.41, 5.74) is 2.07. The normalized spacial score (nSPS) is 23.3. The molecule has 1 saturated heterocycles. The lowest BCUT2D eigenvalue weighted by atomic mass is 9.99. The van der Waals surface area contributed by atoms with E-state index >= 15 is 0 Å². The van der Waals surface area contributed by atoms with Crippen LogP contribution in [0, 0.1) is 5.92 Å². The molecule has 2 heterocycles. The van der Waals surface area contributed by atoms with Crippen molar-refractivity contribution in [2.75, 3.05) is 6.54 Å². The summed E-state index contributed by atoms with van der Waals surface area (Å²) >= 11 is 0. The predicted octanol–water partition coefficient (Wildman–Crippen LogP) is 1.97. The third-order valence-electron chi connectivity index (χ3n) is 3.51. The van der Waals surface area contributed by atoms with Crippen LogP contribution in [-0.4, -0.2) is 22.6 Å². The molecule has 0 saturated carbocycles. The van der Waals surface area contributed by atoms with E-state index in [0.29, 0.717) is 13.0 Å². The molecule has 3 rings (SSSR count). The minimum atomic E-state index is -0.719. The van der Waals surface area contributed by atoms with Crippen molar-refractivity contribution in [1.29, 1.82) is 0 Å². The zero-order chi connectivity index (χ0) is 12.5. The van der Waals surface area contributed by atoms with Crippen molar-refractivity contribution in [2.45, 2.75) is 12.5 Å². The maximum absolute atomic E-state index is 10.9. The first kappa shape index (κ1) is 11.2. The predicted molar refractivity (Wildman–Crippen MR) is 68.2 cm³/mol. The second kappa shape index (κ2) is 4.38. The number of fused-ring (bicyclic) bond motifs is 1. The van der Waals surface area contributed by atoms with Gasteiger partial charge in [-0.05, 0) is 24.1 Å². The lowest BCUT2D eigenvalue weighted by Gasteiger charge is -2.11. The first-order chi connectivity index (χ1) is 8.74. The van der Waals surface area contributed by atoms with Gasteiger partial charge in [0.05, 0.1) is 11.4 Å². The number of nitrogens with one attached hydrogen (secondary N) is 1. The smallest absolute Gasteiger partial charge is 0.307 e. The molecule has 1 aromatic carbocycles. The Balaban J connectivity index is 1.89. The molecule has 2 atom stereocenters. The van der Waals surface area contributed by atoms with Crippen LogP contribution in [0.15, 0.2) is 36.5 Å². The minimum Gasteiger partial charge on any atom is -0.481 e. The van der Waals surface area contributed by atoms with Crippen molar-refractivity contribution in [1.82, 2.24) is 10.3 Å². The van der Waals surface area contributed by atoms with Gasteiger partial charge in [-0.25, -0.2) is 0 Å². The SMILES string of the molecule is O=C(O)C1CNC(c2ccc3cccnc3c2)C1. The van der Waals surface area contributed by atoms with Crippen LogP contribution in [0.2, 0.25) is 0 Å². The Morgan fingerprint density at radius 1 is 1.39 bits per heavy atom. The fourth-order valence-corrected chi connectivity index (χ4v) is 2.48. The summed E-state index contributed by atoms with van der Waals surface area (Å²) in [6.07, 6.45) is 2.42. The fourth-order valence-electron chi connectivity index (χ4n) is 2.48. The zero-order valence-corrected chi connectivity index (χ0v) is 9.84. The van der Waals surface area contributed by atoms with E-state index in [1.165, 1.54) is 0 Å². The highest BCUT2D eigenvalue weighted by Crippen LogP contribution is 2.28. The summed E-state index contributed by atoms with van der Waals surface area (Å²) in [7, 11) is 0. The molecule has 4 nitrogen and oxygen atoms in total. The van der Waals surface area contributed by atoms with Gasteiger partial charge in [-0.2, -0.15) is 0 Å². The molecule has 1 aliphatic rings. The number of nitrogens with zero attached hydrogens (tertiary/aromatic N) is 1. The number of hydrogen-bond acceptors (Lipinski definition) is 3. The molecule has 0 radical (unpaired) electrons. The monoisotopic (exact) mass is 242 g/mol. The minimum absolute atomic E-state index is 0.123. The third kappa shape index (κ3) is 1.95. The van der Waals surface area contributed by atoms with E-state index in [0.717, 1.165) is 16.5 Å². The average molecular weight is 242 g/mol. The van der Waals surface area contributed by atoms with Crippen molar-refractivity contribution >= 4 is 16.9 Å². The second-order valence-corrected chi connectivity index (χ2v) is 4.69. The van der Waals surface area contributed by atoms with Crippen LogP contribution in [0.3, 0.4) is 0 Å². The first-order valence-electron chi connectivity index (χ1n) is 6.05. The molecule has 1 aromatic heterocycles. The van der Waals surface area contributed by atoms with Crippen molar-refractivity contribution in [3.63, 3.8) is 0 Å². The number of carboxylic acids is 1. The highest BCUT2D eigenvalue weighted by molar-refractivity contribution is 5.79. The van der Waals surface area contributed by atoms with E-state index < -0.39 is 5.97 Å². The van der Waals surface area contributed by atoms with Crippen LogP contribution in [0.4, 0.5) is 0 Å². The Bertz CT molecular complexity index is 597. The molecule has 4 heteroatoms. The van der Waals surface area contributed by atoms with E-state index in [-0.39, 0.29) is 12.0 Å². The standard InChI is InChI=1S/C14H14N2O2/c17-14(18)11-7-13(16-8-11)10-4-3-9-2-1-5-15-12(9)6-10/h1-6,11,13,16H,7-8H2,(H,17,18). The van der Waals surface area contributed by atoms with Gasteiger partial charge in [0.25, 0.3) is 0 Å². The number of aliphatic carboxylic acids is 1. The van der Waals surface area contributed by atoms with E-state index in [1.54, 1.807) is 6.20 Å². The maximum Gasteiger partial charge on any atom is 0.307 e. The third-order valence-corrected chi connectivity index (χ3v) is 3.51. The average Bonchev–Trinajstić information content (AvgIpc) is 2.88. The largest absolute Gasteiger partial charge is 0.481 e. The van der Waals surface area contributed by atoms with E-state index in [4.69, 9.17) is 5.11 Å². The number of hydrogen-bond donors (Lipinski definition) is 2. The number of benzene rings is 1. The van der Waals surface area contributed by atoms with Gasteiger partial charge in [0.1, 0.15) is 0 Å². The molecule has 18 heavy (non-hydrogen) atoms. The van der Waals surface area contributed by atoms with Gasteiger partial charge in [0.15, 0.2) is 0 Å². The molecular formula is C14H14N2O2. The lowest BCUT2D eigenvalue weighted by molar-refractivity contribution is -0.141. The molecule has 2 unspecified atom stereocenters. The van der Waals surface area contributed by atoms with Gasteiger partial charge in [0, 0.05) is 24.2 Å². The molecule has 0 bridgehead atoms. The van der Waals surface area contributed by atoms with Gasteiger partial charge in [0.2, 0.25) is 0 Å². The van der Waals surface area contributed by atoms with Gasteiger partial charge in [-0.1, -0.05) is 18.2 Å². The molecule has 0 spiro atoms. The van der Waals surface area contributed by atoms with Crippen molar-refractivity contribution in [2.24, 2.45) is 5.92 Å². The Kier molecular flexibility index (Phi) is 2.72. The number of rotatable bonds is 2. The highest BCUT2D eigenvalue weighted by Gasteiger charge is 2.30. The van der Waals surface area contributed by atoms with Crippen LogP contribution in [0.25, 0.3) is 10.9 Å². The first-order valence-corrected chi connectivity index (χ1v) is 6.05. The van der Waals surface area contributed by atoms with Crippen LogP contribution >= 0.6 is 0 Å². The zero-order valence-electron chi connectivity index (χ0n) is 9.84. The van der Waals surface area contributed by atoms with Gasteiger partial charge < -0.3 is 10.4 Å². The quantitative estimate of drug-likeness (QED) is 0.845. The molecule has 1 aliphatic heterocycles. The Hall–Kier alpha value is -1.94. The van der Waals surface area contributed by atoms with E-state index in [9.17, 15) is 4.79 Å². The van der Waals surface area contributed by atoms with Crippen LogP contribution in [0.1, 0.15) is 18.0 Å². The van der Waals surface area contributed by atoms with E-state index in [1.807, 2.05) is 30.3 Å². The molecule has 0 aliphatic carbocycles. The number of carboxylic acid groups (broad SMARTS) is 1. The van der Waals surface area contributed by atoms with E-state index in [2.05, 4.69) is 10.3 Å². The van der Waals surface area contributed by atoms with Crippen molar-refractivity contribution in [3.05, 3.63) is 42.1 Å². The Morgan fingerprint density at radius 2 is 2.28 bits per heavy atom. The number of pyridine rings is 1. The maximum atomic E-state index is 10.9. The Labute approximate surface area is 105 Å². The Morgan fingerprint density at radius 3 is 3.06 bits per heavy atom. The highest BCUT2D eigenvalue weighted by atomic mass is 16.4. The van der Waals surface area contributed by atoms with Crippen molar-refractivity contribution in [3.8, 4) is 0 Å². The number of aromatic nitrogens is 1. The summed E-state index contributed by atoms with van der Waals surface area (Å²) in [4.78, 5) is 15.3. The summed E-state index contributed by atoms with van der Waals surface area (Å²) in [6.45, 7) is 0.542. The molecule has 1 fully saturated rings. The van der Waals surface area contributed by atoms with Gasteiger partial charge in [-0.15, -0.1) is 0 Å². The van der Waals surface area contributed by atoms with Gasteiger partial charge >= 0.3 is 5.97 Å².